The fraction of sp³-hybridized carbons (Fsp3) is 0.333. The van der Waals surface area contributed by atoms with Crippen molar-refractivity contribution in [3.8, 4) is 0 Å². The third-order valence-electron chi connectivity index (χ3n) is 5.28. The molecule has 0 radical (unpaired) electrons. The Balaban J connectivity index is 2.16. The monoisotopic (exact) mass is 485 g/mol. The number of aromatic amines is 1. The Labute approximate surface area is 201 Å². The molecular weight excluding hydrogens is 458 g/mol. The first-order valence-electron chi connectivity index (χ1n) is 10.8. The molecule has 34 heavy (non-hydrogen) atoms. The lowest BCUT2D eigenvalue weighted by Crippen LogP contribution is -2.51. The van der Waals surface area contributed by atoms with E-state index in [9.17, 15) is 19.5 Å². The zero-order chi connectivity index (χ0) is 25.0. The summed E-state index contributed by atoms with van der Waals surface area (Å²) in [7, 11) is 3.88. The maximum Gasteiger partial charge on any atom is 0.335 e. The molecule has 0 bridgehead atoms. The van der Waals surface area contributed by atoms with E-state index in [1.807, 2.05) is 56.3 Å². The van der Waals surface area contributed by atoms with Gasteiger partial charge in [0.15, 0.2) is 0 Å². The molecule has 0 fully saturated rings. The zero-order valence-electron chi connectivity index (χ0n) is 19.6. The summed E-state index contributed by atoms with van der Waals surface area (Å²) < 4.78 is 2.21. The van der Waals surface area contributed by atoms with E-state index in [1.54, 1.807) is 12.1 Å². The Morgan fingerprint density at radius 3 is 2.41 bits per heavy atom. The minimum atomic E-state index is -1.10. The number of hydrogen-bond acceptors (Lipinski definition) is 5. The molecule has 3 aromatic rings. The van der Waals surface area contributed by atoms with Gasteiger partial charge >= 0.3 is 17.3 Å². The van der Waals surface area contributed by atoms with Gasteiger partial charge in [-0.05, 0) is 44.3 Å². The summed E-state index contributed by atoms with van der Waals surface area (Å²) in [6.45, 7) is 3.93. The molecule has 0 aliphatic heterocycles. The number of carboxylic acid groups (broad SMARTS) is 1. The van der Waals surface area contributed by atoms with Crippen molar-refractivity contribution in [3.63, 3.8) is 0 Å². The molecule has 0 saturated carbocycles. The minimum absolute atomic E-state index is 0.0474. The number of carboxylic acids is 1. The highest BCUT2D eigenvalue weighted by Crippen LogP contribution is 2.23. The topological polar surface area (TPSA) is 113 Å². The van der Waals surface area contributed by atoms with E-state index in [1.165, 1.54) is 11.5 Å². The van der Waals surface area contributed by atoms with E-state index in [-0.39, 0.29) is 18.7 Å². The van der Waals surface area contributed by atoms with Gasteiger partial charge in [-0.15, -0.1) is 0 Å². The first-order valence-corrected chi connectivity index (χ1v) is 11.1. The SMILES string of the molecule is Cc1ccc(Cn2c(=O)n(C[C@H](C)C(=O)O)c(=O)[nH]/c2=N\c2ccc(CN(C)C)c(Cl)c2)cc1. The van der Waals surface area contributed by atoms with Crippen LogP contribution in [0.25, 0.3) is 0 Å². The van der Waals surface area contributed by atoms with E-state index in [0.29, 0.717) is 17.3 Å². The Hall–Kier alpha value is -3.43. The molecule has 0 amide bonds. The number of nitrogens with one attached hydrogen (secondary N) is 1. The van der Waals surface area contributed by atoms with Gasteiger partial charge in [-0.3, -0.25) is 14.3 Å². The van der Waals surface area contributed by atoms with E-state index in [0.717, 1.165) is 21.3 Å². The summed E-state index contributed by atoms with van der Waals surface area (Å²) in [5, 5.41) is 9.76. The molecule has 3 rings (SSSR count). The maximum atomic E-state index is 13.3. The van der Waals surface area contributed by atoms with Crippen LogP contribution in [0.4, 0.5) is 5.69 Å². The molecule has 10 heteroatoms. The van der Waals surface area contributed by atoms with Gasteiger partial charge < -0.3 is 10.0 Å². The van der Waals surface area contributed by atoms with Crippen LogP contribution in [-0.4, -0.2) is 44.2 Å². The molecule has 0 spiro atoms. The number of rotatable bonds is 8. The van der Waals surface area contributed by atoms with Crippen molar-refractivity contribution in [1.82, 2.24) is 19.0 Å². The molecule has 2 N–H and O–H groups in total. The molecule has 2 aromatic carbocycles. The van der Waals surface area contributed by atoms with Crippen LogP contribution in [0.2, 0.25) is 5.02 Å². The van der Waals surface area contributed by atoms with E-state index >= 15 is 0 Å². The summed E-state index contributed by atoms with van der Waals surface area (Å²) in [5.74, 6) is -2.02. The molecular formula is C24H28ClN5O4. The van der Waals surface area contributed by atoms with Crippen LogP contribution in [0.5, 0.6) is 0 Å². The third kappa shape index (κ3) is 6.12. The highest BCUT2D eigenvalue weighted by atomic mass is 35.5. The highest BCUT2D eigenvalue weighted by molar-refractivity contribution is 6.31. The Morgan fingerprint density at radius 2 is 1.82 bits per heavy atom. The second-order valence-electron chi connectivity index (χ2n) is 8.58. The molecule has 1 heterocycles. The summed E-state index contributed by atoms with van der Waals surface area (Å²) in [6, 6.07) is 12.9. The van der Waals surface area contributed by atoms with Gasteiger partial charge in [0.05, 0.1) is 18.2 Å². The lowest BCUT2D eigenvalue weighted by molar-refractivity contribution is -0.141. The molecule has 0 aliphatic carbocycles. The van der Waals surface area contributed by atoms with Gasteiger partial charge in [0, 0.05) is 18.1 Å². The fourth-order valence-electron chi connectivity index (χ4n) is 3.37. The summed E-state index contributed by atoms with van der Waals surface area (Å²) in [4.78, 5) is 46.4. The van der Waals surface area contributed by atoms with Crippen LogP contribution < -0.4 is 17.0 Å². The average molecular weight is 486 g/mol. The average Bonchev–Trinajstić information content (AvgIpc) is 2.76. The van der Waals surface area contributed by atoms with Gasteiger partial charge in [0.1, 0.15) is 0 Å². The number of benzene rings is 2. The number of aryl methyl sites for hydroxylation is 1. The van der Waals surface area contributed by atoms with Gasteiger partial charge in [-0.25, -0.2) is 19.1 Å². The number of H-pyrrole nitrogens is 1. The van der Waals surface area contributed by atoms with Gasteiger partial charge in [0.25, 0.3) is 0 Å². The van der Waals surface area contributed by atoms with Crippen molar-refractivity contribution in [1.29, 1.82) is 0 Å². The van der Waals surface area contributed by atoms with Crippen molar-refractivity contribution in [2.45, 2.75) is 33.5 Å². The number of nitrogens with zero attached hydrogens (tertiary/aromatic N) is 4. The number of hydrogen-bond donors (Lipinski definition) is 2. The largest absolute Gasteiger partial charge is 0.481 e. The Bertz CT molecular complexity index is 1370. The Kier molecular flexibility index (Phi) is 7.90. The third-order valence-corrected chi connectivity index (χ3v) is 5.63. The number of halogens is 1. The fourth-order valence-corrected chi connectivity index (χ4v) is 3.61. The van der Waals surface area contributed by atoms with Crippen LogP contribution in [0, 0.1) is 12.8 Å². The molecule has 0 unspecified atom stereocenters. The first-order chi connectivity index (χ1) is 16.0. The summed E-state index contributed by atoms with van der Waals surface area (Å²) in [6.07, 6.45) is 0. The van der Waals surface area contributed by atoms with E-state index < -0.39 is 23.3 Å². The minimum Gasteiger partial charge on any atom is -0.481 e. The molecule has 180 valence electrons. The second kappa shape index (κ2) is 10.7. The summed E-state index contributed by atoms with van der Waals surface area (Å²) >= 11 is 6.41. The maximum absolute atomic E-state index is 13.3. The quantitative estimate of drug-likeness (QED) is 0.508. The Morgan fingerprint density at radius 1 is 1.15 bits per heavy atom. The smallest absolute Gasteiger partial charge is 0.335 e. The predicted octanol–water partition coefficient (Wildman–Crippen LogP) is 2.36. The molecule has 0 saturated heterocycles. The van der Waals surface area contributed by atoms with Crippen LogP contribution >= 0.6 is 11.6 Å². The van der Waals surface area contributed by atoms with Crippen molar-refractivity contribution in [2.75, 3.05) is 14.1 Å². The van der Waals surface area contributed by atoms with Crippen molar-refractivity contribution >= 4 is 23.3 Å². The highest BCUT2D eigenvalue weighted by Gasteiger charge is 2.17. The molecule has 0 aliphatic rings. The standard InChI is InChI=1S/C24H28ClN5O4/c1-15-5-7-17(8-6-15)13-29-22(26-19-10-9-18(14-28(3)4)20(25)11-19)27-23(33)30(24(29)34)12-16(2)21(31)32/h5-11,16H,12-14H2,1-4H3,(H,31,32)(H,26,27,33)/t16-/m0/s1. The normalized spacial score (nSPS) is 12.8. The van der Waals surface area contributed by atoms with Crippen LogP contribution in [-0.2, 0) is 24.4 Å². The lowest BCUT2D eigenvalue weighted by atomic mass is 10.1. The van der Waals surface area contributed by atoms with Crippen molar-refractivity contribution in [2.24, 2.45) is 10.9 Å². The van der Waals surface area contributed by atoms with E-state index in [2.05, 4.69) is 9.98 Å². The van der Waals surface area contributed by atoms with Crippen LogP contribution in [0.3, 0.4) is 0 Å². The number of aliphatic carboxylic acids is 1. The number of aromatic nitrogens is 3. The first kappa shape index (κ1) is 25.2. The van der Waals surface area contributed by atoms with Gasteiger partial charge in [0.2, 0.25) is 5.62 Å². The second-order valence-corrected chi connectivity index (χ2v) is 8.99. The zero-order valence-corrected chi connectivity index (χ0v) is 20.3. The predicted molar refractivity (Wildman–Crippen MR) is 130 cm³/mol. The van der Waals surface area contributed by atoms with Crippen molar-refractivity contribution in [3.05, 3.63) is 90.8 Å². The van der Waals surface area contributed by atoms with Gasteiger partial charge in [-0.1, -0.05) is 54.4 Å². The molecule has 9 nitrogen and oxygen atoms in total. The van der Waals surface area contributed by atoms with Gasteiger partial charge in [-0.2, -0.15) is 0 Å². The van der Waals surface area contributed by atoms with Crippen molar-refractivity contribution < 1.29 is 9.90 Å². The van der Waals surface area contributed by atoms with E-state index in [4.69, 9.17) is 11.6 Å². The number of carbonyl (C=O) groups is 1. The summed E-state index contributed by atoms with van der Waals surface area (Å²) in [5.41, 5.74) is 1.96. The van der Waals surface area contributed by atoms with Crippen LogP contribution in [0.15, 0.2) is 57.0 Å². The molecule has 1 atom stereocenters. The lowest BCUT2D eigenvalue weighted by Gasteiger charge is -2.13. The van der Waals surface area contributed by atoms with Crippen LogP contribution in [0.1, 0.15) is 23.6 Å². The molecule has 1 aromatic heterocycles.